The lowest BCUT2D eigenvalue weighted by Crippen LogP contribution is -2.11. The van der Waals surface area contributed by atoms with Gasteiger partial charge in [0.15, 0.2) is 0 Å². The van der Waals surface area contributed by atoms with Gasteiger partial charge in [-0.05, 0) is 30.2 Å². The summed E-state index contributed by atoms with van der Waals surface area (Å²) in [5, 5.41) is 0. The van der Waals surface area contributed by atoms with E-state index in [9.17, 15) is 0 Å². The lowest BCUT2D eigenvalue weighted by molar-refractivity contribution is 0.344. The Kier molecular flexibility index (Phi) is 2.68. The summed E-state index contributed by atoms with van der Waals surface area (Å²) >= 11 is 0. The Morgan fingerprint density at radius 1 is 1.08 bits per heavy atom. The van der Waals surface area contributed by atoms with Crippen LogP contribution in [0.15, 0.2) is 30.3 Å². The van der Waals surface area contributed by atoms with Gasteiger partial charge in [0.1, 0.15) is 0 Å². The molecule has 0 bridgehead atoms. The largest absolute Gasteiger partial charge is 0.0625 e. The maximum atomic E-state index is 2.38. The maximum Gasteiger partial charge on any atom is -0.0159 e. The zero-order valence-corrected chi connectivity index (χ0v) is 8.37. The van der Waals surface area contributed by atoms with Crippen LogP contribution in [0.25, 0.3) is 0 Å². The second-order valence-corrected chi connectivity index (χ2v) is 4.38. The van der Waals surface area contributed by atoms with Crippen LogP contribution in [0.4, 0.5) is 0 Å². The van der Waals surface area contributed by atoms with E-state index in [1.54, 1.807) is 5.56 Å². The minimum Gasteiger partial charge on any atom is -0.0625 e. The minimum atomic E-state index is 0.838. The Morgan fingerprint density at radius 3 is 2.54 bits per heavy atom. The van der Waals surface area contributed by atoms with E-state index >= 15 is 0 Å². The Hall–Kier alpha value is -0.780. The van der Waals surface area contributed by atoms with Gasteiger partial charge < -0.3 is 0 Å². The van der Waals surface area contributed by atoms with Gasteiger partial charge in [-0.25, -0.2) is 0 Å². The first kappa shape index (κ1) is 8.80. The molecule has 2 atom stereocenters. The quantitative estimate of drug-likeness (QED) is 0.604. The molecule has 0 radical (unpaired) electrons. The number of benzene rings is 1. The fourth-order valence-electron chi connectivity index (χ4n) is 2.46. The molecule has 0 unspecified atom stereocenters. The SMILES string of the molecule is C[C@@H]1CCC[C@H](c2ccccc2)C1. The molecule has 0 spiro atoms. The van der Waals surface area contributed by atoms with Crippen molar-refractivity contribution in [1.82, 2.24) is 0 Å². The monoisotopic (exact) mass is 174 g/mol. The fourth-order valence-corrected chi connectivity index (χ4v) is 2.46. The van der Waals surface area contributed by atoms with E-state index in [1.807, 2.05) is 0 Å². The second-order valence-electron chi connectivity index (χ2n) is 4.38. The molecule has 1 aromatic rings. The Labute approximate surface area is 81.0 Å². The highest BCUT2D eigenvalue weighted by Gasteiger charge is 2.19. The Balaban J connectivity index is 2.08. The van der Waals surface area contributed by atoms with E-state index in [0.717, 1.165) is 11.8 Å². The zero-order chi connectivity index (χ0) is 9.10. The standard InChI is InChI=1S/C13H18/c1-11-6-5-9-13(10-11)12-7-3-2-4-8-12/h2-4,7-8,11,13H,5-6,9-10H2,1H3/t11-,13+/m1/s1. The highest BCUT2D eigenvalue weighted by Crippen LogP contribution is 2.35. The van der Waals surface area contributed by atoms with E-state index in [2.05, 4.69) is 37.3 Å². The topological polar surface area (TPSA) is 0 Å². The van der Waals surface area contributed by atoms with Gasteiger partial charge in [-0.15, -0.1) is 0 Å². The smallest absolute Gasteiger partial charge is 0.0159 e. The molecular weight excluding hydrogens is 156 g/mol. The van der Waals surface area contributed by atoms with Crippen LogP contribution in [-0.2, 0) is 0 Å². The van der Waals surface area contributed by atoms with Crippen LogP contribution in [0.3, 0.4) is 0 Å². The van der Waals surface area contributed by atoms with Crippen LogP contribution in [0.2, 0.25) is 0 Å². The van der Waals surface area contributed by atoms with E-state index in [1.165, 1.54) is 25.7 Å². The van der Waals surface area contributed by atoms with E-state index in [4.69, 9.17) is 0 Å². The van der Waals surface area contributed by atoms with Gasteiger partial charge in [-0.1, -0.05) is 50.1 Å². The van der Waals surface area contributed by atoms with Crippen molar-refractivity contribution in [2.45, 2.75) is 38.5 Å². The average Bonchev–Trinajstić information content (AvgIpc) is 2.19. The molecule has 0 N–H and O–H groups in total. The summed E-state index contributed by atoms with van der Waals surface area (Å²) < 4.78 is 0. The molecule has 0 heteroatoms. The van der Waals surface area contributed by atoms with E-state index in [-0.39, 0.29) is 0 Å². The molecular formula is C13H18. The second kappa shape index (κ2) is 3.95. The van der Waals surface area contributed by atoms with Crippen LogP contribution in [0, 0.1) is 5.92 Å². The van der Waals surface area contributed by atoms with Gasteiger partial charge in [0.25, 0.3) is 0 Å². The molecule has 0 heterocycles. The van der Waals surface area contributed by atoms with Crippen LogP contribution in [0.5, 0.6) is 0 Å². The Bertz CT molecular complexity index is 250. The molecule has 1 fully saturated rings. The van der Waals surface area contributed by atoms with Gasteiger partial charge >= 0.3 is 0 Å². The summed E-state index contributed by atoms with van der Waals surface area (Å²) in [6, 6.07) is 11.0. The molecule has 0 amide bonds. The minimum absolute atomic E-state index is 0.838. The third-order valence-corrected chi connectivity index (χ3v) is 3.21. The molecule has 70 valence electrons. The molecule has 1 aliphatic rings. The van der Waals surface area contributed by atoms with Crippen molar-refractivity contribution >= 4 is 0 Å². The first-order chi connectivity index (χ1) is 6.36. The van der Waals surface area contributed by atoms with Crippen molar-refractivity contribution in [3.63, 3.8) is 0 Å². The van der Waals surface area contributed by atoms with Gasteiger partial charge in [-0.2, -0.15) is 0 Å². The van der Waals surface area contributed by atoms with Gasteiger partial charge in [0, 0.05) is 0 Å². The number of rotatable bonds is 1. The zero-order valence-electron chi connectivity index (χ0n) is 8.37. The number of hydrogen-bond acceptors (Lipinski definition) is 0. The van der Waals surface area contributed by atoms with Gasteiger partial charge in [-0.3, -0.25) is 0 Å². The van der Waals surface area contributed by atoms with Crippen molar-refractivity contribution < 1.29 is 0 Å². The molecule has 0 aliphatic heterocycles. The molecule has 0 nitrogen and oxygen atoms in total. The third-order valence-electron chi connectivity index (χ3n) is 3.21. The summed E-state index contributed by atoms with van der Waals surface area (Å²) in [7, 11) is 0. The van der Waals surface area contributed by atoms with Gasteiger partial charge in [0.05, 0.1) is 0 Å². The van der Waals surface area contributed by atoms with Crippen molar-refractivity contribution in [2.75, 3.05) is 0 Å². The third kappa shape index (κ3) is 2.12. The van der Waals surface area contributed by atoms with Crippen LogP contribution in [0.1, 0.15) is 44.1 Å². The summed E-state index contributed by atoms with van der Waals surface area (Å²) in [4.78, 5) is 0. The first-order valence-electron chi connectivity index (χ1n) is 5.41. The average molecular weight is 174 g/mol. The van der Waals surface area contributed by atoms with E-state index in [0.29, 0.717) is 0 Å². The molecule has 1 saturated carbocycles. The predicted molar refractivity (Wildman–Crippen MR) is 56.8 cm³/mol. The van der Waals surface area contributed by atoms with Crippen molar-refractivity contribution in [2.24, 2.45) is 5.92 Å². The summed E-state index contributed by atoms with van der Waals surface area (Å²) in [5.41, 5.74) is 1.55. The van der Waals surface area contributed by atoms with Crippen molar-refractivity contribution in [3.05, 3.63) is 35.9 Å². The molecule has 13 heavy (non-hydrogen) atoms. The summed E-state index contributed by atoms with van der Waals surface area (Å²) in [6.07, 6.45) is 5.64. The molecule has 0 aromatic heterocycles. The van der Waals surface area contributed by atoms with Crippen molar-refractivity contribution in [3.8, 4) is 0 Å². The summed E-state index contributed by atoms with van der Waals surface area (Å²) in [5.74, 6) is 1.77. The highest BCUT2D eigenvalue weighted by molar-refractivity contribution is 5.19. The molecule has 0 saturated heterocycles. The van der Waals surface area contributed by atoms with Crippen molar-refractivity contribution in [1.29, 1.82) is 0 Å². The highest BCUT2D eigenvalue weighted by atomic mass is 14.2. The van der Waals surface area contributed by atoms with Crippen LogP contribution in [-0.4, -0.2) is 0 Å². The lowest BCUT2D eigenvalue weighted by atomic mass is 9.79. The normalized spacial score (nSPS) is 28.7. The van der Waals surface area contributed by atoms with Crippen LogP contribution < -0.4 is 0 Å². The summed E-state index contributed by atoms with van der Waals surface area (Å²) in [6.45, 7) is 2.38. The predicted octanol–water partition coefficient (Wildman–Crippen LogP) is 3.98. The van der Waals surface area contributed by atoms with Crippen LogP contribution >= 0.6 is 0 Å². The molecule has 1 aliphatic carbocycles. The fraction of sp³-hybridized carbons (Fsp3) is 0.538. The molecule has 2 rings (SSSR count). The Morgan fingerprint density at radius 2 is 1.85 bits per heavy atom. The molecule has 1 aromatic carbocycles. The number of hydrogen-bond donors (Lipinski definition) is 0. The van der Waals surface area contributed by atoms with Gasteiger partial charge in [0.2, 0.25) is 0 Å². The van der Waals surface area contributed by atoms with E-state index < -0.39 is 0 Å². The first-order valence-corrected chi connectivity index (χ1v) is 5.41. The lowest BCUT2D eigenvalue weighted by Gasteiger charge is -2.26. The maximum absolute atomic E-state index is 2.38.